The summed E-state index contributed by atoms with van der Waals surface area (Å²) in [5.41, 5.74) is -0.135. The lowest BCUT2D eigenvalue weighted by atomic mass is 9.92. The van der Waals surface area contributed by atoms with Gasteiger partial charge >= 0.3 is 12.1 Å². The predicted octanol–water partition coefficient (Wildman–Crippen LogP) is 5.66. The molecule has 10 nitrogen and oxygen atoms in total. The third kappa shape index (κ3) is 6.69. The number of fused-ring (bicyclic) bond motifs is 1. The molecule has 0 radical (unpaired) electrons. The molecule has 1 N–H and O–H groups in total. The van der Waals surface area contributed by atoms with E-state index in [9.17, 15) is 14.4 Å². The summed E-state index contributed by atoms with van der Waals surface area (Å²) in [7, 11) is 0. The Morgan fingerprint density at radius 2 is 1.85 bits per heavy atom. The Morgan fingerprint density at radius 1 is 1.15 bits per heavy atom. The maximum atomic E-state index is 16.1. The zero-order chi connectivity index (χ0) is 29.7. The SMILES string of the molecule is CC(C)(C)OC(=O)C[C@H]1COCC[C@H]1Nc1nc(-c2cc(C3CC3)ns2)c2c(c1F)CN(C(=O)OC(C)(C)C)C2=O. The van der Waals surface area contributed by atoms with Crippen molar-refractivity contribution >= 4 is 35.3 Å². The van der Waals surface area contributed by atoms with Crippen LogP contribution < -0.4 is 5.32 Å². The lowest BCUT2D eigenvalue weighted by Gasteiger charge is -2.33. The van der Waals surface area contributed by atoms with Gasteiger partial charge in [0.05, 0.1) is 41.4 Å². The molecule has 2 fully saturated rings. The van der Waals surface area contributed by atoms with Crippen molar-refractivity contribution < 1.29 is 33.0 Å². The van der Waals surface area contributed by atoms with Crippen LogP contribution in [0.3, 0.4) is 0 Å². The number of imide groups is 1. The summed E-state index contributed by atoms with van der Waals surface area (Å²) in [4.78, 5) is 45.2. The van der Waals surface area contributed by atoms with Gasteiger partial charge in [-0.25, -0.2) is 19.1 Å². The Balaban J connectivity index is 1.48. The molecular weight excluding hydrogens is 551 g/mol. The van der Waals surface area contributed by atoms with Crippen LogP contribution in [0.25, 0.3) is 10.6 Å². The fourth-order valence-electron chi connectivity index (χ4n) is 5.03. The highest BCUT2D eigenvalue weighted by molar-refractivity contribution is 7.09. The number of carbonyl (C=O) groups excluding carboxylic acids is 3. The summed E-state index contributed by atoms with van der Waals surface area (Å²) in [6.45, 7) is 11.0. The van der Waals surface area contributed by atoms with Gasteiger partial charge in [-0.15, -0.1) is 0 Å². The van der Waals surface area contributed by atoms with Crippen LogP contribution in [0, 0.1) is 11.7 Å². The number of carbonyl (C=O) groups is 3. The second-order valence-electron chi connectivity index (χ2n) is 12.9. The fraction of sp³-hybridized carbons (Fsp3) is 0.621. The van der Waals surface area contributed by atoms with Crippen LogP contribution in [-0.2, 0) is 25.5 Å². The van der Waals surface area contributed by atoms with E-state index >= 15 is 4.39 Å². The van der Waals surface area contributed by atoms with Crippen molar-refractivity contribution in [3.05, 3.63) is 28.7 Å². The predicted molar refractivity (Wildman–Crippen MR) is 150 cm³/mol. The number of nitrogens with zero attached hydrogens (tertiary/aromatic N) is 3. The first-order valence-corrected chi connectivity index (χ1v) is 14.8. The summed E-state index contributed by atoms with van der Waals surface area (Å²) in [5.74, 6) is -1.66. The molecule has 5 rings (SSSR count). The van der Waals surface area contributed by atoms with Crippen molar-refractivity contribution in [1.29, 1.82) is 0 Å². The van der Waals surface area contributed by atoms with Gasteiger partial charge in [-0.1, -0.05) is 0 Å². The number of esters is 1. The normalized spacial score (nSPS) is 21.0. The number of hydrogen-bond donors (Lipinski definition) is 1. The number of nitrogens with one attached hydrogen (secondary N) is 1. The van der Waals surface area contributed by atoms with Crippen LogP contribution in [0.15, 0.2) is 6.07 Å². The Hall–Kier alpha value is -3.12. The Bertz CT molecular complexity index is 1360. The third-order valence-corrected chi connectivity index (χ3v) is 7.84. The largest absolute Gasteiger partial charge is 0.460 e. The molecule has 3 aliphatic rings. The highest BCUT2D eigenvalue weighted by Crippen LogP contribution is 2.44. The van der Waals surface area contributed by atoms with Crippen molar-refractivity contribution in [3.63, 3.8) is 0 Å². The Kier molecular flexibility index (Phi) is 7.84. The Morgan fingerprint density at radius 3 is 2.51 bits per heavy atom. The van der Waals surface area contributed by atoms with Crippen LogP contribution in [0.1, 0.15) is 94.8 Å². The number of halogens is 1. The molecule has 1 saturated carbocycles. The number of aromatic nitrogens is 2. The van der Waals surface area contributed by atoms with Crippen LogP contribution in [0.5, 0.6) is 0 Å². The first kappa shape index (κ1) is 29.4. The van der Waals surface area contributed by atoms with E-state index in [-0.39, 0.29) is 53.5 Å². The molecule has 0 spiro atoms. The zero-order valence-electron chi connectivity index (χ0n) is 24.3. The molecule has 0 bridgehead atoms. The van der Waals surface area contributed by atoms with E-state index in [2.05, 4.69) is 14.7 Å². The molecule has 41 heavy (non-hydrogen) atoms. The maximum Gasteiger partial charge on any atom is 0.417 e. The highest BCUT2D eigenvalue weighted by atomic mass is 32.1. The fourth-order valence-corrected chi connectivity index (χ4v) is 5.84. The van der Waals surface area contributed by atoms with Gasteiger partial charge in [-0.2, -0.15) is 4.37 Å². The molecule has 222 valence electrons. The van der Waals surface area contributed by atoms with Crippen molar-refractivity contribution in [3.8, 4) is 10.6 Å². The lowest BCUT2D eigenvalue weighted by molar-refractivity contribution is -0.157. The maximum absolute atomic E-state index is 16.1. The molecule has 4 heterocycles. The molecular formula is C29H37FN4O6S. The van der Waals surface area contributed by atoms with Gasteiger partial charge in [-0.3, -0.25) is 9.59 Å². The quantitative estimate of drug-likeness (QED) is 0.426. The molecule has 2 aliphatic heterocycles. The van der Waals surface area contributed by atoms with Gasteiger partial charge in [0, 0.05) is 30.0 Å². The minimum atomic E-state index is -0.844. The first-order chi connectivity index (χ1) is 19.2. The molecule has 2 atom stereocenters. The number of anilines is 1. The van der Waals surface area contributed by atoms with Gasteiger partial charge in [0.2, 0.25) is 0 Å². The van der Waals surface area contributed by atoms with Crippen LogP contribution in [0.2, 0.25) is 0 Å². The average molecular weight is 589 g/mol. The van der Waals surface area contributed by atoms with E-state index in [1.807, 2.05) is 6.07 Å². The second kappa shape index (κ2) is 10.9. The molecule has 1 aliphatic carbocycles. The van der Waals surface area contributed by atoms with Gasteiger partial charge in [0.25, 0.3) is 5.91 Å². The first-order valence-electron chi connectivity index (χ1n) is 14.0. The van der Waals surface area contributed by atoms with Crippen LogP contribution in [0.4, 0.5) is 15.0 Å². The summed E-state index contributed by atoms with van der Waals surface area (Å²) >= 11 is 1.20. The summed E-state index contributed by atoms with van der Waals surface area (Å²) in [6.07, 6.45) is 1.89. The summed E-state index contributed by atoms with van der Waals surface area (Å²) in [6, 6.07) is 1.57. The van der Waals surface area contributed by atoms with Gasteiger partial charge < -0.3 is 19.5 Å². The molecule has 0 unspecified atom stereocenters. The van der Waals surface area contributed by atoms with Gasteiger partial charge in [-0.05, 0) is 78.4 Å². The number of ether oxygens (including phenoxy) is 3. The van der Waals surface area contributed by atoms with Crippen LogP contribution >= 0.6 is 11.5 Å². The second-order valence-corrected chi connectivity index (χ2v) is 13.7. The third-order valence-electron chi connectivity index (χ3n) is 7.03. The minimum absolute atomic E-state index is 0.0416. The molecule has 0 aromatic carbocycles. The molecule has 12 heteroatoms. The van der Waals surface area contributed by atoms with Crippen molar-refractivity contribution in [2.24, 2.45) is 5.92 Å². The molecule has 2 amide bonds. The standard InChI is InChI=1S/C29H37FN4O6S/c1-28(2,3)39-21(35)11-16-14-38-10-9-18(16)31-25-23(30)17-13-34(27(37)40-29(4,5)6)26(36)22(17)24(32-25)20-12-19(33-41-20)15-7-8-15/h12,15-16,18H,7-11,13-14H2,1-6H3,(H,31,32)/t16-,18+/m0/s1. The van der Waals surface area contributed by atoms with E-state index in [1.165, 1.54) is 11.5 Å². The van der Waals surface area contributed by atoms with E-state index in [0.29, 0.717) is 30.4 Å². The molecule has 1 saturated heterocycles. The highest BCUT2D eigenvalue weighted by Gasteiger charge is 2.42. The minimum Gasteiger partial charge on any atom is -0.460 e. The molecule has 2 aromatic heterocycles. The van der Waals surface area contributed by atoms with E-state index < -0.39 is 29.0 Å². The van der Waals surface area contributed by atoms with E-state index in [4.69, 9.17) is 14.2 Å². The molecule has 2 aromatic rings. The van der Waals surface area contributed by atoms with Crippen molar-refractivity contribution in [1.82, 2.24) is 14.3 Å². The topological polar surface area (TPSA) is 120 Å². The number of pyridine rings is 1. The number of rotatable bonds is 6. The number of amides is 2. The Labute approximate surface area is 243 Å². The smallest absolute Gasteiger partial charge is 0.417 e. The van der Waals surface area contributed by atoms with Crippen molar-refractivity contribution in [2.75, 3.05) is 18.5 Å². The zero-order valence-corrected chi connectivity index (χ0v) is 25.2. The summed E-state index contributed by atoms with van der Waals surface area (Å²) < 4.78 is 37.3. The van der Waals surface area contributed by atoms with Crippen molar-refractivity contribution in [2.45, 2.75) is 96.9 Å². The lowest BCUT2D eigenvalue weighted by Crippen LogP contribution is -2.40. The van der Waals surface area contributed by atoms with E-state index in [0.717, 1.165) is 23.4 Å². The van der Waals surface area contributed by atoms with Gasteiger partial charge in [0.1, 0.15) is 11.2 Å². The average Bonchev–Trinajstić information content (AvgIpc) is 3.48. The number of hydrogen-bond acceptors (Lipinski definition) is 10. The monoisotopic (exact) mass is 588 g/mol. The van der Waals surface area contributed by atoms with E-state index in [1.54, 1.807) is 41.5 Å². The van der Waals surface area contributed by atoms with Gasteiger partial charge in [0.15, 0.2) is 11.6 Å². The summed E-state index contributed by atoms with van der Waals surface area (Å²) in [5, 5.41) is 3.21. The van der Waals surface area contributed by atoms with Crippen LogP contribution in [-0.4, -0.2) is 62.7 Å².